The Morgan fingerprint density at radius 2 is 2.40 bits per heavy atom. The lowest BCUT2D eigenvalue weighted by molar-refractivity contribution is -0.00347. The molecule has 0 radical (unpaired) electrons. The average Bonchev–Trinajstić information content (AvgIpc) is 2.23. The largest absolute Gasteiger partial charge is 0.481 e. The third-order valence-corrected chi connectivity index (χ3v) is 2.18. The zero-order valence-electron chi connectivity index (χ0n) is 8.40. The fourth-order valence-corrected chi connectivity index (χ4v) is 1.22. The minimum absolute atomic E-state index is 0.126. The highest BCUT2D eigenvalue weighted by atomic mass is 16.5. The van der Waals surface area contributed by atoms with Crippen molar-refractivity contribution < 1.29 is 14.3 Å². The second-order valence-corrected chi connectivity index (χ2v) is 3.30. The number of rotatable bonds is 3. The maximum absolute atomic E-state index is 11.6. The third kappa shape index (κ3) is 2.24. The van der Waals surface area contributed by atoms with E-state index in [1.807, 2.05) is 0 Å². The molecule has 0 aliphatic carbocycles. The standard InChI is InChI=1S/C10H12N2O3/c1-14-9-3-2-7(4-11-9)10(13)12-8-5-15-6-8/h2-4,8H,5-6H2,1H3,(H,12,13). The minimum atomic E-state index is -0.126. The number of carbonyl (C=O) groups is 1. The molecule has 2 heterocycles. The second-order valence-electron chi connectivity index (χ2n) is 3.30. The van der Waals surface area contributed by atoms with Crippen molar-refractivity contribution in [3.05, 3.63) is 23.9 Å². The van der Waals surface area contributed by atoms with Gasteiger partial charge < -0.3 is 14.8 Å². The molecule has 5 heteroatoms. The highest BCUT2D eigenvalue weighted by Crippen LogP contribution is 2.07. The molecule has 1 aromatic heterocycles. The summed E-state index contributed by atoms with van der Waals surface area (Å²) in [5.41, 5.74) is 0.530. The number of carbonyl (C=O) groups excluding carboxylic acids is 1. The highest BCUT2D eigenvalue weighted by Gasteiger charge is 2.20. The Labute approximate surface area is 87.4 Å². The summed E-state index contributed by atoms with van der Waals surface area (Å²) < 4.78 is 9.86. The van der Waals surface area contributed by atoms with Gasteiger partial charge in [0, 0.05) is 12.3 Å². The van der Waals surface area contributed by atoms with E-state index >= 15 is 0 Å². The maximum Gasteiger partial charge on any atom is 0.253 e. The molecule has 0 aromatic carbocycles. The lowest BCUT2D eigenvalue weighted by atomic mass is 10.2. The first-order valence-corrected chi connectivity index (χ1v) is 4.68. The number of aromatic nitrogens is 1. The molecule has 0 spiro atoms. The van der Waals surface area contributed by atoms with Crippen molar-refractivity contribution in [1.82, 2.24) is 10.3 Å². The second kappa shape index (κ2) is 4.27. The molecule has 1 aliphatic rings. The van der Waals surface area contributed by atoms with Gasteiger partial charge in [-0.3, -0.25) is 4.79 Å². The van der Waals surface area contributed by atoms with Crippen LogP contribution in [0, 0.1) is 0 Å². The molecule has 15 heavy (non-hydrogen) atoms. The summed E-state index contributed by atoms with van der Waals surface area (Å²) in [5.74, 6) is 0.372. The van der Waals surface area contributed by atoms with Crippen molar-refractivity contribution in [2.24, 2.45) is 0 Å². The van der Waals surface area contributed by atoms with Crippen molar-refractivity contribution in [1.29, 1.82) is 0 Å². The number of nitrogens with zero attached hydrogens (tertiary/aromatic N) is 1. The van der Waals surface area contributed by atoms with Crippen LogP contribution in [0.2, 0.25) is 0 Å². The van der Waals surface area contributed by atoms with Crippen molar-refractivity contribution in [2.75, 3.05) is 20.3 Å². The van der Waals surface area contributed by atoms with Gasteiger partial charge in [-0.1, -0.05) is 0 Å². The van der Waals surface area contributed by atoms with E-state index < -0.39 is 0 Å². The van der Waals surface area contributed by atoms with Gasteiger partial charge in [0.05, 0.1) is 31.9 Å². The van der Waals surface area contributed by atoms with E-state index in [4.69, 9.17) is 9.47 Å². The predicted molar refractivity (Wildman–Crippen MR) is 52.9 cm³/mol. The molecule has 2 rings (SSSR count). The molecular weight excluding hydrogens is 196 g/mol. The van der Waals surface area contributed by atoms with E-state index in [9.17, 15) is 4.79 Å². The number of amides is 1. The van der Waals surface area contributed by atoms with Gasteiger partial charge in [-0.2, -0.15) is 0 Å². The van der Waals surface area contributed by atoms with E-state index in [-0.39, 0.29) is 11.9 Å². The normalized spacial score (nSPS) is 15.5. The van der Waals surface area contributed by atoms with Crippen LogP contribution >= 0.6 is 0 Å². The Morgan fingerprint density at radius 1 is 1.60 bits per heavy atom. The summed E-state index contributed by atoms with van der Waals surface area (Å²) in [7, 11) is 1.54. The van der Waals surface area contributed by atoms with Crippen LogP contribution in [0.15, 0.2) is 18.3 Å². The van der Waals surface area contributed by atoms with Crippen LogP contribution in [0.4, 0.5) is 0 Å². The summed E-state index contributed by atoms with van der Waals surface area (Å²) >= 11 is 0. The van der Waals surface area contributed by atoms with E-state index in [2.05, 4.69) is 10.3 Å². The molecule has 0 bridgehead atoms. The van der Waals surface area contributed by atoms with Gasteiger partial charge in [0.1, 0.15) is 0 Å². The summed E-state index contributed by atoms with van der Waals surface area (Å²) in [5, 5.41) is 2.83. The number of nitrogens with one attached hydrogen (secondary N) is 1. The molecule has 0 unspecified atom stereocenters. The van der Waals surface area contributed by atoms with E-state index in [0.29, 0.717) is 24.7 Å². The van der Waals surface area contributed by atoms with E-state index in [1.165, 1.54) is 13.3 Å². The fourth-order valence-electron chi connectivity index (χ4n) is 1.22. The van der Waals surface area contributed by atoms with E-state index in [0.717, 1.165) is 0 Å². The Hall–Kier alpha value is -1.62. The molecule has 1 fully saturated rings. The van der Waals surface area contributed by atoms with Crippen molar-refractivity contribution in [2.45, 2.75) is 6.04 Å². The van der Waals surface area contributed by atoms with Crippen molar-refractivity contribution >= 4 is 5.91 Å². The molecule has 1 aromatic rings. The Bertz CT molecular complexity index is 346. The Kier molecular flexibility index (Phi) is 2.82. The smallest absolute Gasteiger partial charge is 0.253 e. The van der Waals surface area contributed by atoms with Gasteiger partial charge in [-0.05, 0) is 6.07 Å². The zero-order chi connectivity index (χ0) is 10.7. The Morgan fingerprint density at radius 3 is 2.87 bits per heavy atom. The predicted octanol–water partition coefficient (Wildman–Crippen LogP) is 0.219. The monoisotopic (exact) mass is 208 g/mol. The maximum atomic E-state index is 11.6. The van der Waals surface area contributed by atoms with Gasteiger partial charge in [0.15, 0.2) is 0 Å². The molecule has 0 saturated carbocycles. The molecule has 1 aliphatic heterocycles. The van der Waals surface area contributed by atoms with Crippen LogP contribution in [0.1, 0.15) is 10.4 Å². The zero-order valence-corrected chi connectivity index (χ0v) is 8.40. The third-order valence-electron chi connectivity index (χ3n) is 2.18. The van der Waals surface area contributed by atoms with Crippen LogP contribution in [-0.4, -0.2) is 37.3 Å². The first-order valence-electron chi connectivity index (χ1n) is 4.68. The molecule has 80 valence electrons. The van der Waals surface area contributed by atoms with E-state index in [1.54, 1.807) is 12.1 Å². The van der Waals surface area contributed by atoms with Crippen LogP contribution < -0.4 is 10.1 Å². The van der Waals surface area contributed by atoms with Crippen molar-refractivity contribution in [3.63, 3.8) is 0 Å². The molecule has 1 N–H and O–H groups in total. The summed E-state index contributed by atoms with van der Waals surface area (Å²) in [6, 6.07) is 3.48. The van der Waals surface area contributed by atoms with Crippen LogP contribution in [0.25, 0.3) is 0 Å². The van der Waals surface area contributed by atoms with Gasteiger partial charge >= 0.3 is 0 Å². The highest BCUT2D eigenvalue weighted by molar-refractivity contribution is 5.94. The lowest BCUT2D eigenvalue weighted by Gasteiger charge is -2.26. The fraction of sp³-hybridized carbons (Fsp3) is 0.400. The first-order chi connectivity index (χ1) is 7.29. The molecular formula is C10H12N2O3. The van der Waals surface area contributed by atoms with Gasteiger partial charge in [-0.15, -0.1) is 0 Å². The summed E-state index contributed by atoms with van der Waals surface area (Å²) in [6.07, 6.45) is 1.49. The topological polar surface area (TPSA) is 60.5 Å². The quantitative estimate of drug-likeness (QED) is 0.771. The van der Waals surface area contributed by atoms with Gasteiger partial charge in [-0.25, -0.2) is 4.98 Å². The van der Waals surface area contributed by atoms with Crippen LogP contribution in [-0.2, 0) is 4.74 Å². The molecule has 1 amide bonds. The number of pyridine rings is 1. The van der Waals surface area contributed by atoms with Gasteiger partial charge in [0.25, 0.3) is 5.91 Å². The first kappa shape index (κ1) is 9.92. The van der Waals surface area contributed by atoms with Gasteiger partial charge in [0.2, 0.25) is 5.88 Å². The number of ether oxygens (including phenoxy) is 2. The minimum Gasteiger partial charge on any atom is -0.481 e. The molecule has 5 nitrogen and oxygen atoms in total. The number of hydrogen-bond donors (Lipinski definition) is 1. The lowest BCUT2D eigenvalue weighted by Crippen LogP contribution is -2.48. The van der Waals surface area contributed by atoms with Crippen LogP contribution in [0.5, 0.6) is 5.88 Å². The number of hydrogen-bond acceptors (Lipinski definition) is 4. The Balaban J connectivity index is 1.98. The SMILES string of the molecule is COc1ccc(C(=O)NC2COC2)cn1. The molecule has 1 saturated heterocycles. The number of methoxy groups -OCH3 is 1. The molecule has 0 atom stereocenters. The summed E-state index contributed by atoms with van der Waals surface area (Å²) in [6.45, 7) is 1.19. The summed E-state index contributed by atoms with van der Waals surface area (Å²) in [4.78, 5) is 15.6. The van der Waals surface area contributed by atoms with Crippen molar-refractivity contribution in [3.8, 4) is 5.88 Å². The average molecular weight is 208 g/mol. The van der Waals surface area contributed by atoms with Crippen LogP contribution in [0.3, 0.4) is 0 Å².